The number of benzene rings is 3. The maximum Gasteiger partial charge on any atom is 0.308 e. The van der Waals surface area contributed by atoms with E-state index in [1.54, 1.807) is 19.2 Å². The zero-order chi connectivity index (χ0) is 26.8. The van der Waals surface area contributed by atoms with E-state index in [0.717, 1.165) is 23.1 Å². The van der Waals surface area contributed by atoms with Crippen molar-refractivity contribution in [2.24, 2.45) is 5.92 Å². The monoisotopic (exact) mass is 518 g/mol. The summed E-state index contributed by atoms with van der Waals surface area (Å²) in [6, 6.07) is 16.6. The Morgan fingerprint density at radius 1 is 0.895 bits per heavy atom. The third kappa shape index (κ3) is 4.74. The number of carbonyl (C=O) groups excluding carboxylic acids is 1. The number of Topliss-reactive ketones (excluding diaryl/α,β-unsaturated/α-hetero) is 1. The molecule has 0 saturated heterocycles. The Kier molecular flexibility index (Phi) is 7.13. The second-order valence-corrected chi connectivity index (χ2v) is 9.47. The molecule has 3 aromatic rings. The number of carboxylic acid groups (broad SMARTS) is 1. The molecule has 0 radical (unpaired) electrons. The first-order valence-electron chi connectivity index (χ1n) is 12.6. The van der Waals surface area contributed by atoms with E-state index in [4.69, 9.17) is 23.7 Å². The first-order chi connectivity index (χ1) is 18.4. The third-order valence-electron chi connectivity index (χ3n) is 6.95. The number of fused-ring (bicyclic) bond motifs is 2. The summed E-state index contributed by atoms with van der Waals surface area (Å²) in [6.45, 7) is 4.02. The van der Waals surface area contributed by atoms with Crippen molar-refractivity contribution >= 4 is 11.8 Å². The highest BCUT2D eigenvalue weighted by molar-refractivity contribution is 5.79. The molecule has 0 aromatic heterocycles. The van der Waals surface area contributed by atoms with Crippen LogP contribution in [-0.2, 0) is 9.59 Å². The minimum Gasteiger partial charge on any atom is -0.497 e. The lowest BCUT2D eigenvalue weighted by Gasteiger charge is -2.24. The fraction of sp³-hybridized carbons (Fsp3) is 0.333. The van der Waals surface area contributed by atoms with Crippen molar-refractivity contribution in [1.82, 2.24) is 0 Å². The van der Waals surface area contributed by atoms with Crippen LogP contribution in [0.15, 0.2) is 54.6 Å². The molecule has 0 fully saturated rings. The Balaban J connectivity index is 1.69. The van der Waals surface area contributed by atoms with E-state index in [1.807, 2.05) is 49.4 Å². The van der Waals surface area contributed by atoms with Gasteiger partial charge in [-0.2, -0.15) is 0 Å². The smallest absolute Gasteiger partial charge is 0.308 e. The Bertz CT molecular complexity index is 1360. The van der Waals surface area contributed by atoms with Gasteiger partial charge in [0.25, 0.3) is 0 Å². The van der Waals surface area contributed by atoms with Gasteiger partial charge in [0, 0.05) is 23.5 Å². The molecule has 198 valence electrons. The van der Waals surface area contributed by atoms with E-state index < -0.39 is 23.7 Å². The Labute approximate surface area is 221 Å². The molecule has 3 atom stereocenters. The highest BCUT2D eigenvalue weighted by Crippen LogP contribution is 2.56. The second-order valence-electron chi connectivity index (χ2n) is 9.47. The number of hydrogen-bond acceptors (Lipinski definition) is 7. The molecule has 2 aliphatic rings. The lowest BCUT2D eigenvalue weighted by molar-refractivity contribution is -0.142. The van der Waals surface area contributed by atoms with E-state index in [9.17, 15) is 14.7 Å². The number of carboxylic acids is 1. The van der Waals surface area contributed by atoms with Crippen LogP contribution in [0.25, 0.3) is 0 Å². The van der Waals surface area contributed by atoms with E-state index in [1.165, 1.54) is 6.92 Å². The normalized spacial score (nSPS) is 19.1. The SMILES string of the molecule is CCCOc1ccc2c(c1)[C@H](c1ccc(OC)cc1OCC(C)=O)[C@@H](C(=O)O)[C@@H]2c1ccc2c(c1)OCO2. The van der Waals surface area contributed by atoms with Gasteiger partial charge in [-0.3, -0.25) is 9.59 Å². The summed E-state index contributed by atoms with van der Waals surface area (Å²) < 4.78 is 28.3. The second kappa shape index (κ2) is 10.7. The zero-order valence-electron chi connectivity index (χ0n) is 21.6. The van der Waals surface area contributed by atoms with Crippen LogP contribution in [0.4, 0.5) is 0 Å². The summed E-state index contributed by atoms with van der Waals surface area (Å²) in [5.41, 5.74) is 3.20. The Morgan fingerprint density at radius 3 is 2.39 bits per heavy atom. The van der Waals surface area contributed by atoms with Crippen molar-refractivity contribution < 1.29 is 38.4 Å². The lowest BCUT2D eigenvalue weighted by Crippen LogP contribution is -2.24. The molecule has 1 aliphatic heterocycles. The Hall–Kier alpha value is -4.20. The highest BCUT2D eigenvalue weighted by atomic mass is 16.7. The molecule has 0 unspecified atom stereocenters. The predicted molar refractivity (Wildman–Crippen MR) is 139 cm³/mol. The van der Waals surface area contributed by atoms with Crippen LogP contribution < -0.4 is 23.7 Å². The topological polar surface area (TPSA) is 101 Å². The van der Waals surface area contributed by atoms with Gasteiger partial charge in [-0.15, -0.1) is 0 Å². The average molecular weight is 519 g/mol. The summed E-state index contributed by atoms with van der Waals surface area (Å²) in [5, 5.41) is 10.7. The van der Waals surface area contributed by atoms with Crippen LogP contribution in [0.3, 0.4) is 0 Å². The van der Waals surface area contributed by atoms with Crippen LogP contribution in [0.5, 0.6) is 28.7 Å². The minimum absolute atomic E-state index is 0.131. The number of ether oxygens (including phenoxy) is 5. The van der Waals surface area contributed by atoms with Crippen LogP contribution in [0.2, 0.25) is 0 Å². The molecule has 3 aromatic carbocycles. The van der Waals surface area contributed by atoms with Crippen LogP contribution in [0.1, 0.15) is 54.4 Å². The number of methoxy groups -OCH3 is 1. The Morgan fingerprint density at radius 2 is 1.66 bits per heavy atom. The van der Waals surface area contributed by atoms with E-state index in [0.29, 0.717) is 40.9 Å². The zero-order valence-corrected chi connectivity index (χ0v) is 21.6. The van der Waals surface area contributed by atoms with Gasteiger partial charge >= 0.3 is 5.97 Å². The summed E-state index contributed by atoms with van der Waals surface area (Å²) in [7, 11) is 1.54. The average Bonchev–Trinajstić information content (AvgIpc) is 3.52. The third-order valence-corrected chi connectivity index (χ3v) is 6.95. The van der Waals surface area contributed by atoms with Crippen LogP contribution in [-0.4, -0.2) is 44.0 Å². The van der Waals surface area contributed by atoms with Gasteiger partial charge in [-0.1, -0.05) is 25.1 Å². The molecule has 0 amide bonds. The van der Waals surface area contributed by atoms with Crippen molar-refractivity contribution in [3.8, 4) is 28.7 Å². The van der Waals surface area contributed by atoms with Crippen molar-refractivity contribution in [3.05, 3.63) is 76.9 Å². The van der Waals surface area contributed by atoms with Gasteiger partial charge in [0.05, 0.1) is 19.6 Å². The quantitative estimate of drug-likeness (QED) is 0.393. The first kappa shape index (κ1) is 25.4. The van der Waals surface area contributed by atoms with Gasteiger partial charge in [0.15, 0.2) is 17.3 Å². The summed E-state index contributed by atoms with van der Waals surface area (Å²) in [5.74, 6) is -0.139. The molecular weight excluding hydrogens is 488 g/mol. The van der Waals surface area contributed by atoms with Crippen LogP contribution >= 0.6 is 0 Å². The van der Waals surface area contributed by atoms with Crippen molar-refractivity contribution in [1.29, 1.82) is 0 Å². The number of aliphatic carboxylic acids is 1. The molecule has 8 nitrogen and oxygen atoms in total. The molecule has 0 spiro atoms. The molecule has 5 rings (SSSR count). The standard InChI is InChI=1S/C30H30O8/c1-4-11-35-20-7-8-21-23(13-20)28(22-9-6-19(34-3)14-25(22)36-15-17(2)31)29(30(32)33)27(21)18-5-10-24-26(12-18)38-16-37-24/h5-10,12-14,27-29H,4,11,15-16H2,1-3H3,(H,32,33)/t27-,28+,29+/m1/s1. The maximum atomic E-state index is 13.0. The molecule has 8 heteroatoms. The molecule has 38 heavy (non-hydrogen) atoms. The summed E-state index contributed by atoms with van der Waals surface area (Å²) in [6.07, 6.45) is 0.847. The molecule has 0 saturated carbocycles. The van der Waals surface area contributed by atoms with Crippen molar-refractivity contribution in [2.45, 2.75) is 32.1 Å². The largest absolute Gasteiger partial charge is 0.497 e. The van der Waals surface area contributed by atoms with Gasteiger partial charge < -0.3 is 28.8 Å². The number of hydrogen-bond donors (Lipinski definition) is 1. The maximum absolute atomic E-state index is 13.0. The molecular formula is C30H30O8. The molecule has 1 aliphatic carbocycles. The van der Waals surface area contributed by atoms with Gasteiger partial charge in [0.2, 0.25) is 6.79 Å². The summed E-state index contributed by atoms with van der Waals surface area (Å²) >= 11 is 0. The van der Waals surface area contributed by atoms with Gasteiger partial charge in [-0.05, 0) is 60.4 Å². The number of carbonyl (C=O) groups is 2. The van der Waals surface area contributed by atoms with E-state index in [2.05, 4.69) is 0 Å². The van der Waals surface area contributed by atoms with Crippen LogP contribution in [0, 0.1) is 5.92 Å². The van der Waals surface area contributed by atoms with E-state index in [-0.39, 0.29) is 19.2 Å². The van der Waals surface area contributed by atoms with E-state index >= 15 is 0 Å². The van der Waals surface area contributed by atoms with Crippen molar-refractivity contribution in [2.75, 3.05) is 27.1 Å². The van der Waals surface area contributed by atoms with Gasteiger partial charge in [0.1, 0.15) is 23.9 Å². The number of ketones is 1. The fourth-order valence-electron chi connectivity index (χ4n) is 5.34. The highest BCUT2D eigenvalue weighted by Gasteiger charge is 2.48. The molecule has 1 heterocycles. The molecule has 0 bridgehead atoms. The lowest BCUT2D eigenvalue weighted by atomic mass is 9.79. The van der Waals surface area contributed by atoms with Crippen molar-refractivity contribution in [3.63, 3.8) is 0 Å². The first-order valence-corrected chi connectivity index (χ1v) is 12.6. The minimum atomic E-state index is -0.946. The number of rotatable bonds is 10. The molecule has 1 N–H and O–H groups in total. The predicted octanol–water partition coefficient (Wildman–Crippen LogP) is 5.16. The van der Waals surface area contributed by atoms with Gasteiger partial charge in [-0.25, -0.2) is 0 Å². The summed E-state index contributed by atoms with van der Waals surface area (Å²) in [4.78, 5) is 24.8. The fourth-order valence-corrected chi connectivity index (χ4v) is 5.34.